The molecule has 0 saturated heterocycles. The number of nitriles is 1. The Labute approximate surface area is 138 Å². The predicted molar refractivity (Wildman–Crippen MR) is 80.4 cm³/mol. The van der Waals surface area contributed by atoms with Gasteiger partial charge in [0.05, 0.1) is 22.2 Å². The van der Waals surface area contributed by atoms with Gasteiger partial charge in [0.25, 0.3) is 0 Å². The standard InChI is InChI=1S/C17H8F5N3/c1-25-11-5-3-2-4-10(11)24-17(25)8(7-23)6-9-12(18)14(20)16(22)15(21)13(9)19/h2-6H,1H3. The molecule has 0 atom stereocenters. The van der Waals surface area contributed by atoms with Crippen LogP contribution in [0.2, 0.25) is 0 Å². The second-order valence-electron chi connectivity index (χ2n) is 5.14. The fourth-order valence-electron chi connectivity index (χ4n) is 2.43. The van der Waals surface area contributed by atoms with Crippen molar-refractivity contribution in [2.75, 3.05) is 0 Å². The van der Waals surface area contributed by atoms with Crippen LogP contribution in [0.4, 0.5) is 22.0 Å². The minimum absolute atomic E-state index is 0.0349. The van der Waals surface area contributed by atoms with Gasteiger partial charge in [-0.1, -0.05) is 12.1 Å². The van der Waals surface area contributed by atoms with Gasteiger partial charge in [-0.2, -0.15) is 5.26 Å². The highest BCUT2D eigenvalue weighted by atomic mass is 19.2. The van der Waals surface area contributed by atoms with Gasteiger partial charge in [0.1, 0.15) is 6.07 Å². The lowest BCUT2D eigenvalue weighted by molar-refractivity contribution is 0.377. The van der Waals surface area contributed by atoms with Crippen LogP contribution in [0.5, 0.6) is 0 Å². The van der Waals surface area contributed by atoms with E-state index < -0.39 is 34.6 Å². The predicted octanol–water partition coefficient (Wildman–Crippen LogP) is 4.33. The average molecular weight is 349 g/mol. The number of nitrogens with zero attached hydrogens (tertiary/aromatic N) is 3. The van der Waals surface area contributed by atoms with E-state index in [4.69, 9.17) is 0 Å². The zero-order chi connectivity index (χ0) is 18.3. The maximum absolute atomic E-state index is 13.8. The summed E-state index contributed by atoms with van der Waals surface area (Å²) in [6.07, 6.45) is 0.595. The van der Waals surface area contributed by atoms with Crippen LogP contribution in [-0.4, -0.2) is 9.55 Å². The summed E-state index contributed by atoms with van der Waals surface area (Å²) in [6, 6.07) is 8.49. The number of halogens is 5. The first kappa shape index (κ1) is 16.6. The van der Waals surface area contributed by atoms with Crippen molar-refractivity contribution in [1.82, 2.24) is 9.55 Å². The van der Waals surface area contributed by atoms with E-state index in [-0.39, 0.29) is 11.4 Å². The molecule has 2 aromatic carbocycles. The first-order valence-corrected chi connectivity index (χ1v) is 6.91. The van der Waals surface area contributed by atoms with Gasteiger partial charge in [0.2, 0.25) is 5.82 Å². The highest BCUT2D eigenvalue weighted by molar-refractivity contribution is 5.91. The molecule has 0 unspecified atom stereocenters. The van der Waals surface area contributed by atoms with Crippen molar-refractivity contribution in [3.8, 4) is 6.07 Å². The summed E-state index contributed by atoms with van der Waals surface area (Å²) in [7, 11) is 1.56. The molecule has 0 fully saturated rings. The fraction of sp³-hybridized carbons (Fsp3) is 0.0588. The number of allylic oxidation sites excluding steroid dienone is 1. The lowest BCUT2D eigenvalue weighted by Gasteiger charge is -2.06. The van der Waals surface area contributed by atoms with Crippen molar-refractivity contribution >= 4 is 22.7 Å². The minimum Gasteiger partial charge on any atom is -0.327 e. The molecule has 0 aliphatic carbocycles. The van der Waals surface area contributed by atoms with Gasteiger partial charge in [0.15, 0.2) is 29.1 Å². The number of hydrogen-bond donors (Lipinski definition) is 0. The summed E-state index contributed by atoms with van der Waals surface area (Å²) in [6.45, 7) is 0. The largest absolute Gasteiger partial charge is 0.327 e. The summed E-state index contributed by atoms with van der Waals surface area (Å²) in [5, 5.41) is 9.29. The monoisotopic (exact) mass is 349 g/mol. The Morgan fingerprint density at radius 1 is 1.00 bits per heavy atom. The van der Waals surface area contributed by atoms with E-state index in [2.05, 4.69) is 4.98 Å². The average Bonchev–Trinajstić information content (AvgIpc) is 2.96. The first-order valence-electron chi connectivity index (χ1n) is 6.91. The van der Waals surface area contributed by atoms with Crippen LogP contribution >= 0.6 is 0 Å². The van der Waals surface area contributed by atoms with E-state index >= 15 is 0 Å². The quantitative estimate of drug-likeness (QED) is 0.299. The molecule has 126 valence electrons. The Hall–Kier alpha value is -3.21. The molecule has 0 aliphatic rings. The number of benzene rings is 2. The summed E-state index contributed by atoms with van der Waals surface area (Å²) in [5.41, 5.74) is -0.392. The van der Waals surface area contributed by atoms with Crippen LogP contribution in [0.1, 0.15) is 11.4 Å². The third kappa shape index (κ3) is 2.54. The van der Waals surface area contributed by atoms with E-state index in [1.807, 2.05) is 0 Å². The third-order valence-electron chi connectivity index (χ3n) is 3.68. The molecule has 8 heteroatoms. The van der Waals surface area contributed by atoms with Gasteiger partial charge >= 0.3 is 0 Å². The van der Waals surface area contributed by atoms with Gasteiger partial charge < -0.3 is 4.57 Å². The molecule has 0 spiro atoms. The summed E-state index contributed by atoms with van der Waals surface area (Å²) in [4.78, 5) is 4.17. The van der Waals surface area contributed by atoms with Gasteiger partial charge in [-0.25, -0.2) is 26.9 Å². The number of imidazole rings is 1. The van der Waals surface area contributed by atoms with Crippen LogP contribution in [0.25, 0.3) is 22.7 Å². The van der Waals surface area contributed by atoms with E-state index in [9.17, 15) is 27.2 Å². The molecule has 3 rings (SSSR count). The van der Waals surface area contributed by atoms with E-state index in [1.54, 1.807) is 37.4 Å². The summed E-state index contributed by atoms with van der Waals surface area (Å²) < 4.78 is 68.9. The molecule has 0 bridgehead atoms. The van der Waals surface area contributed by atoms with E-state index in [0.29, 0.717) is 17.1 Å². The highest BCUT2D eigenvalue weighted by Gasteiger charge is 2.25. The molecule has 0 amide bonds. The normalized spacial score (nSPS) is 11.8. The Morgan fingerprint density at radius 3 is 2.12 bits per heavy atom. The number of rotatable bonds is 2. The van der Waals surface area contributed by atoms with E-state index in [1.165, 1.54) is 4.57 Å². The summed E-state index contributed by atoms with van der Waals surface area (Å²) in [5.74, 6) is -10.4. The second kappa shape index (κ2) is 6.02. The number of para-hydroxylation sites is 2. The Balaban J connectivity index is 2.26. The maximum atomic E-state index is 13.8. The van der Waals surface area contributed by atoms with Crippen molar-refractivity contribution < 1.29 is 22.0 Å². The minimum atomic E-state index is -2.26. The first-order chi connectivity index (χ1) is 11.9. The van der Waals surface area contributed by atoms with Crippen LogP contribution in [-0.2, 0) is 7.05 Å². The molecule has 3 nitrogen and oxygen atoms in total. The lowest BCUT2D eigenvalue weighted by Crippen LogP contribution is -2.05. The van der Waals surface area contributed by atoms with Crippen molar-refractivity contribution in [2.24, 2.45) is 7.05 Å². The molecule has 25 heavy (non-hydrogen) atoms. The van der Waals surface area contributed by atoms with Crippen molar-refractivity contribution in [2.45, 2.75) is 0 Å². The van der Waals surface area contributed by atoms with Crippen LogP contribution in [0.15, 0.2) is 24.3 Å². The fourth-order valence-corrected chi connectivity index (χ4v) is 2.43. The number of aromatic nitrogens is 2. The molecule has 1 aromatic heterocycles. The molecule has 0 radical (unpaired) electrons. The lowest BCUT2D eigenvalue weighted by atomic mass is 10.1. The Kier molecular flexibility index (Phi) is 4.00. The molecular formula is C17H8F5N3. The van der Waals surface area contributed by atoms with Gasteiger partial charge in [-0.3, -0.25) is 0 Å². The molecule has 0 N–H and O–H groups in total. The molecule has 0 aliphatic heterocycles. The molecule has 0 saturated carbocycles. The Morgan fingerprint density at radius 2 is 1.56 bits per heavy atom. The molecule has 3 aromatic rings. The number of aryl methyl sites for hydroxylation is 1. The number of hydrogen-bond acceptors (Lipinski definition) is 2. The second-order valence-corrected chi connectivity index (χ2v) is 5.14. The molecule has 1 heterocycles. The van der Waals surface area contributed by atoms with Gasteiger partial charge in [-0.15, -0.1) is 0 Å². The third-order valence-corrected chi connectivity index (χ3v) is 3.68. The topological polar surface area (TPSA) is 41.6 Å². The number of fused-ring (bicyclic) bond motifs is 1. The molecular weight excluding hydrogens is 341 g/mol. The van der Waals surface area contributed by atoms with Crippen LogP contribution in [0, 0.1) is 40.4 Å². The van der Waals surface area contributed by atoms with Crippen LogP contribution < -0.4 is 0 Å². The van der Waals surface area contributed by atoms with Crippen molar-refractivity contribution in [3.05, 3.63) is 64.7 Å². The maximum Gasteiger partial charge on any atom is 0.200 e. The van der Waals surface area contributed by atoms with Crippen LogP contribution in [0.3, 0.4) is 0 Å². The highest BCUT2D eigenvalue weighted by Crippen LogP contribution is 2.28. The SMILES string of the molecule is Cn1c(C(C#N)=Cc2c(F)c(F)c(F)c(F)c2F)nc2ccccc21. The van der Waals surface area contributed by atoms with Crippen molar-refractivity contribution in [3.63, 3.8) is 0 Å². The smallest absolute Gasteiger partial charge is 0.200 e. The van der Waals surface area contributed by atoms with Gasteiger partial charge in [0, 0.05) is 7.05 Å². The zero-order valence-electron chi connectivity index (χ0n) is 12.6. The van der Waals surface area contributed by atoms with E-state index in [0.717, 1.165) is 0 Å². The van der Waals surface area contributed by atoms with Crippen molar-refractivity contribution in [1.29, 1.82) is 5.26 Å². The Bertz CT molecular complexity index is 1050. The van der Waals surface area contributed by atoms with Gasteiger partial charge in [-0.05, 0) is 18.2 Å². The summed E-state index contributed by atoms with van der Waals surface area (Å²) >= 11 is 0. The zero-order valence-corrected chi connectivity index (χ0v) is 12.6.